The highest BCUT2D eigenvalue weighted by molar-refractivity contribution is 8.16. The van der Waals surface area contributed by atoms with E-state index in [9.17, 15) is 4.79 Å². The maximum Gasteiger partial charge on any atom is 0.390 e. The molecule has 0 aliphatic heterocycles. The van der Waals surface area contributed by atoms with Crippen LogP contribution in [0.25, 0.3) is 0 Å². The van der Waals surface area contributed by atoms with E-state index >= 15 is 0 Å². The van der Waals surface area contributed by atoms with E-state index in [1.165, 1.54) is 96.3 Å². The molecule has 2 N–H and O–H groups in total. The first-order valence-corrected chi connectivity index (χ1v) is 14.5. The van der Waals surface area contributed by atoms with Gasteiger partial charge in [0.05, 0.1) is 6.61 Å². The Hall–Kier alpha value is -0.0000000000000000833. The van der Waals surface area contributed by atoms with Crippen LogP contribution >= 0.6 is 6.49 Å². The summed E-state index contributed by atoms with van der Waals surface area (Å²) in [5, 5.41) is 0. The van der Waals surface area contributed by atoms with Gasteiger partial charge in [-0.05, 0) is 18.2 Å². The van der Waals surface area contributed by atoms with E-state index in [0.717, 1.165) is 13.0 Å². The maximum absolute atomic E-state index is 11.0. The zero-order valence-electron chi connectivity index (χ0n) is 18.6. The summed E-state index contributed by atoms with van der Waals surface area (Å²) < 4.78 is 10.2. The lowest BCUT2D eigenvalue weighted by Gasteiger charge is -2.08. The van der Waals surface area contributed by atoms with Gasteiger partial charge in [-0.2, -0.15) is 0 Å². The quantitative estimate of drug-likeness (QED) is 0.135. The Kier molecular flexibility index (Phi) is 21.2. The van der Waals surface area contributed by atoms with Crippen LogP contribution in [0.3, 0.4) is 0 Å². The highest BCUT2D eigenvalue weighted by Crippen LogP contribution is 2.37. The van der Waals surface area contributed by atoms with Crippen LogP contribution in [0.5, 0.6) is 0 Å². The molecule has 29 heavy (non-hydrogen) atoms. The number of hydrogen-bond donors (Lipinski definition) is 2. The minimum absolute atomic E-state index is 0.108. The molecule has 0 amide bonds. The van der Waals surface area contributed by atoms with Crippen LogP contribution in [0, 0.1) is 0 Å². The molecule has 0 heterocycles. The third-order valence-electron chi connectivity index (χ3n) is 5.04. The Labute approximate surface area is 184 Å². The van der Waals surface area contributed by atoms with Crippen molar-refractivity contribution in [3.05, 3.63) is 0 Å². The topological polar surface area (TPSA) is 76.0 Å². The lowest BCUT2D eigenvalue weighted by molar-refractivity contribution is 0.105. The lowest BCUT2D eigenvalue weighted by Crippen LogP contribution is -2.07. The number of carbonyl (C=O) groups excluding carboxylic acids is 1. The predicted molar refractivity (Wildman–Crippen MR) is 125 cm³/mol. The summed E-state index contributed by atoms with van der Waals surface area (Å²) in [4.78, 5) is 28.9. The molecule has 0 unspecified atom stereocenters. The van der Waals surface area contributed by atoms with E-state index in [1.54, 1.807) is 0 Å². The predicted octanol–water partition coefficient (Wildman–Crippen LogP) is 7.09. The summed E-state index contributed by atoms with van der Waals surface area (Å²) in [6.45, 7) is -0.309. The van der Waals surface area contributed by atoms with E-state index in [1.807, 2.05) is 0 Å². The normalized spacial score (nSPS) is 11.7. The van der Waals surface area contributed by atoms with Gasteiger partial charge in [-0.1, -0.05) is 103 Å². The van der Waals surface area contributed by atoms with Crippen molar-refractivity contribution in [3.63, 3.8) is 0 Å². The highest BCUT2D eigenvalue weighted by Gasteiger charge is 2.21. The van der Waals surface area contributed by atoms with Gasteiger partial charge >= 0.3 is 5.71 Å². The second-order valence-electron chi connectivity index (χ2n) is 7.93. The van der Waals surface area contributed by atoms with E-state index in [2.05, 4.69) is 23.5 Å². The highest BCUT2D eigenvalue weighted by atomic mass is 32.5. The van der Waals surface area contributed by atoms with Gasteiger partial charge in [-0.15, -0.1) is 0 Å². The van der Waals surface area contributed by atoms with Gasteiger partial charge in [-0.25, -0.2) is 4.79 Å². The lowest BCUT2D eigenvalue weighted by atomic mass is 10.0. The van der Waals surface area contributed by atoms with Crippen molar-refractivity contribution in [2.24, 2.45) is 0 Å². The van der Waals surface area contributed by atoms with Crippen molar-refractivity contribution in [2.75, 3.05) is 19.8 Å². The van der Waals surface area contributed by atoms with Crippen molar-refractivity contribution in [1.82, 2.24) is 0 Å². The molecule has 0 aromatic heterocycles. The molecule has 0 saturated carbocycles. The Balaban J connectivity index is 3.10. The molecule has 0 atom stereocenters. The molecule has 0 rings (SSSR count). The SMILES string of the molecule is CCCCCCCCCCCCCCCCCCOCCCOC(=O)P(O)(O)=S. The van der Waals surface area contributed by atoms with Crippen molar-refractivity contribution in [1.29, 1.82) is 0 Å². The molecule has 0 saturated heterocycles. The standard InChI is InChI=1S/C22H45O5PS/c1-2-3-4-5-6-7-8-9-10-11-12-13-14-15-16-17-19-26-20-18-21-27-22(23)28(24,25)29/h2-21H2,1H3,(H2,24,25,29). The van der Waals surface area contributed by atoms with Crippen molar-refractivity contribution in [2.45, 2.75) is 116 Å². The van der Waals surface area contributed by atoms with Crippen molar-refractivity contribution >= 4 is 24.0 Å². The Morgan fingerprint density at radius 1 is 0.655 bits per heavy atom. The molecule has 7 heteroatoms. The Morgan fingerprint density at radius 2 is 1.03 bits per heavy atom. The fourth-order valence-corrected chi connectivity index (χ4v) is 3.68. The summed E-state index contributed by atoms with van der Waals surface area (Å²) in [6, 6.07) is 0. The number of unbranched alkanes of at least 4 members (excludes halogenated alkanes) is 15. The smallest absolute Gasteiger partial charge is 0.390 e. The minimum Gasteiger partial charge on any atom is -0.458 e. The van der Waals surface area contributed by atoms with Gasteiger partial charge in [0, 0.05) is 19.6 Å². The second-order valence-corrected chi connectivity index (χ2v) is 10.9. The summed E-state index contributed by atoms with van der Waals surface area (Å²) >= 11 is 4.25. The van der Waals surface area contributed by atoms with Gasteiger partial charge in [-0.3, -0.25) is 0 Å². The zero-order chi connectivity index (χ0) is 21.6. The molecule has 0 aliphatic carbocycles. The largest absolute Gasteiger partial charge is 0.458 e. The molecule has 0 bridgehead atoms. The first kappa shape index (κ1) is 29.0. The second kappa shape index (κ2) is 21.2. The van der Waals surface area contributed by atoms with E-state index in [-0.39, 0.29) is 6.61 Å². The Morgan fingerprint density at radius 3 is 1.45 bits per heavy atom. The van der Waals surface area contributed by atoms with Gasteiger partial charge in [0.1, 0.15) is 0 Å². The van der Waals surface area contributed by atoms with Crippen molar-refractivity contribution in [3.8, 4) is 0 Å². The first-order valence-electron chi connectivity index (χ1n) is 11.8. The maximum atomic E-state index is 11.0. The summed E-state index contributed by atoms with van der Waals surface area (Å²) in [6.07, 6.45) is 22.2. The minimum atomic E-state index is -3.92. The monoisotopic (exact) mass is 452 g/mol. The summed E-state index contributed by atoms with van der Waals surface area (Å²) in [5.41, 5.74) is -1.09. The van der Waals surface area contributed by atoms with E-state index in [0.29, 0.717) is 13.0 Å². The molecule has 0 aromatic carbocycles. The Bertz CT molecular complexity index is 414. The first-order chi connectivity index (χ1) is 14.0. The molecule has 0 aromatic rings. The number of carbonyl (C=O) groups is 1. The zero-order valence-corrected chi connectivity index (χ0v) is 20.3. The molecule has 0 fully saturated rings. The average Bonchev–Trinajstić information content (AvgIpc) is 2.68. The fraction of sp³-hybridized carbons (Fsp3) is 0.955. The third-order valence-corrected chi connectivity index (χ3v) is 6.09. The molecular weight excluding hydrogens is 407 g/mol. The van der Waals surface area contributed by atoms with Crippen LogP contribution in [-0.4, -0.2) is 35.3 Å². The molecular formula is C22H45O5PS. The summed E-state index contributed by atoms with van der Waals surface area (Å²) in [5.74, 6) is 0. The number of rotatable bonds is 22. The molecule has 174 valence electrons. The van der Waals surface area contributed by atoms with Gasteiger partial charge < -0.3 is 19.3 Å². The van der Waals surface area contributed by atoms with Gasteiger partial charge in [0.15, 0.2) is 0 Å². The molecule has 0 spiro atoms. The number of hydrogen-bond acceptors (Lipinski definition) is 4. The third kappa shape index (κ3) is 22.5. The van der Waals surface area contributed by atoms with Gasteiger partial charge in [0.25, 0.3) is 6.49 Å². The van der Waals surface area contributed by atoms with Crippen LogP contribution in [-0.2, 0) is 21.3 Å². The van der Waals surface area contributed by atoms with E-state index < -0.39 is 12.2 Å². The fourth-order valence-electron chi connectivity index (χ4n) is 3.26. The van der Waals surface area contributed by atoms with Crippen LogP contribution in [0.1, 0.15) is 116 Å². The molecule has 0 radical (unpaired) electrons. The van der Waals surface area contributed by atoms with Crippen molar-refractivity contribution < 1.29 is 24.1 Å². The average molecular weight is 453 g/mol. The molecule has 0 aliphatic rings. The number of ether oxygens (including phenoxy) is 2. The van der Waals surface area contributed by atoms with Crippen LogP contribution in [0.2, 0.25) is 0 Å². The van der Waals surface area contributed by atoms with Gasteiger partial charge in [0.2, 0.25) is 0 Å². The molecule has 5 nitrogen and oxygen atoms in total. The van der Waals surface area contributed by atoms with Crippen LogP contribution in [0.15, 0.2) is 0 Å². The van der Waals surface area contributed by atoms with Crippen LogP contribution < -0.4 is 0 Å². The van der Waals surface area contributed by atoms with Crippen LogP contribution in [0.4, 0.5) is 4.79 Å². The summed E-state index contributed by atoms with van der Waals surface area (Å²) in [7, 11) is 0. The van der Waals surface area contributed by atoms with E-state index in [4.69, 9.17) is 14.5 Å².